The highest BCUT2D eigenvalue weighted by atomic mass is 32.2. The van der Waals surface area contributed by atoms with Crippen molar-refractivity contribution in [3.8, 4) is 0 Å². The van der Waals surface area contributed by atoms with Gasteiger partial charge in [-0.1, -0.05) is 0 Å². The van der Waals surface area contributed by atoms with Crippen LogP contribution in [0.4, 0.5) is 0 Å². The van der Waals surface area contributed by atoms with Crippen molar-refractivity contribution in [3.05, 3.63) is 11.4 Å². The first-order valence-electron chi connectivity index (χ1n) is 6.85. The molecule has 3 N–H and O–H groups in total. The van der Waals surface area contributed by atoms with Gasteiger partial charge < -0.3 is 9.64 Å². The number of amides is 1. The van der Waals surface area contributed by atoms with Gasteiger partial charge in [-0.15, -0.1) is 0 Å². The fourth-order valence-electron chi connectivity index (χ4n) is 2.59. The van der Waals surface area contributed by atoms with Crippen LogP contribution in [0.2, 0.25) is 0 Å². The van der Waals surface area contributed by atoms with Gasteiger partial charge in [-0.3, -0.25) is 9.89 Å². The first-order valence-corrected chi connectivity index (χ1v) is 8.40. The Morgan fingerprint density at radius 2 is 2.14 bits per heavy atom. The largest absolute Gasteiger partial charge is 0.379 e. The molecule has 0 aromatic carbocycles. The van der Waals surface area contributed by atoms with Gasteiger partial charge in [-0.25, -0.2) is 13.6 Å². The van der Waals surface area contributed by atoms with E-state index in [2.05, 4.69) is 10.2 Å². The number of hydrogen-bond acceptors (Lipinski definition) is 5. The van der Waals surface area contributed by atoms with E-state index in [1.54, 1.807) is 7.05 Å². The summed E-state index contributed by atoms with van der Waals surface area (Å²) in [6.45, 7) is 1.05. The van der Waals surface area contributed by atoms with Crippen molar-refractivity contribution in [2.24, 2.45) is 5.14 Å². The van der Waals surface area contributed by atoms with Crippen LogP contribution in [0.25, 0.3) is 0 Å². The minimum atomic E-state index is -4.00. The number of carbonyl (C=O) groups excluding carboxylic acids is 1. The molecule has 8 nitrogen and oxygen atoms in total. The van der Waals surface area contributed by atoms with Crippen LogP contribution in [-0.2, 0) is 14.8 Å². The van der Waals surface area contributed by atoms with Crippen LogP contribution in [-0.4, -0.2) is 55.7 Å². The maximum atomic E-state index is 12.5. The molecular weight excluding hydrogens is 296 g/mol. The summed E-state index contributed by atoms with van der Waals surface area (Å²) in [5.74, 6) is -0.342. The lowest BCUT2D eigenvalue weighted by molar-refractivity contribution is 0.0701. The van der Waals surface area contributed by atoms with Crippen LogP contribution in [0.1, 0.15) is 41.4 Å². The summed E-state index contributed by atoms with van der Waals surface area (Å²) in [5, 5.41) is 11.9. The number of nitrogens with zero attached hydrogens (tertiary/aromatic N) is 2. The Balaban J connectivity index is 1.96. The van der Waals surface area contributed by atoms with E-state index >= 15 is 0 Å². The highest BCUT2D eigenvalue weighted by Crippen LogP contribution is 2.42. The molecule has 1 aliphatic heterocycles. The first-order chi connectivity index (χ1) is 9.89. The number of likely N-dealkylation sites (N-methyl/N-ethyl adjacent to an activating group) is 1. The van der Waals surface area contributed by atoms with Gasteiger partial charge in [0.05, 0.1) is 18.3 Å². The molecule has 1 aromatic rings. The monoisotopic (exact) mass is 314 g/mol. The number of rotatable bonds is 4. The van der Waals surface area contributed by atoms with Gasteiger partial charge in [-0.05, 0) is 19.3 Å². The third-order valence-corrected chi connectivity index (χ3v) is 4.98. The first kappa shape index (κ1) is 14.5. The van der Waals surface area contributed by atoms with E-state index in [4.69, 9.17) is 9.88 Å². The Morgan fingerprint density at radius 1 is 1.43 bits per heavy atom. The lowest BCUT2D eigenvalue weighted by atomic mass is 10.2. The van der Waals surface area contributed by atoms with Crippen molar-refractivity contribution in [2.75, 3.05) is 20.3 Å². The highest BCUT2D eigenvalue weighted by Gasteiger charge is 2.37. The number of aromatic nitrogens is 2. The van der Waals surface area contributed by atoms with Gasteiger partial charge in [0.1, 0.15) is 4.90 Å². The summed E-state index contributed by atoms with van der Waals surface area (Å²) < 4.78 is 28.9. The average molecular weight is 314 g/mol. The Bertz CT molecular complexity index is 659. The summed E-state index contributed by atoms with van der Waals surface area (Å²) in [7, 11) is -2.38. The molecule has 2 fully saturated rings. The molecule has 2 heterocycles. The molecule has 1 saturated heterocycles. The summed E-state index contributed by atoms with van der Waals surface area (Å²) in [6.07, 6.45) is 2.49. The van der Waals surface area contributed by atoms with Crippen molar-refractivity contribution < 1.29 is 17.9 Å². The minimum Gasteiger partial charge on any atom is -0.379 e. The van der Waals surface area contributed by atoms with Crippen LogP contribution in [0, 0.1) is 0 Å². The number of carbonyl (C=O) groups is 1. The van der Waals surface area contributed by atoms with Crippen LogP contribution < -0.4 is 5.14 Å². The van der Waals surface area contributed by atoms with Crippen LogP contribution in [0.15, 0.2) is 4.90 Å². The third kappa shape index (κ3) is 2.68. The van der Waals surface area contributed by atoms with E-state index in [9.17, 15) is 13.2 Å². The van der Waals surface area contributed by atoms with E-state index in [0.717, 1.165) is 19.3 Å². The Morgan fingerprint density at radius 3 is 2.67 bits per heavy atom. The number of primary sulfonamides is 1. The minimum absolute atomic E-state index is 0.0631. The van der Waals surface area contributed by atoms with Crippen LogP contribution in [0.5, 0.6) is 0 Å². The lowest BCUT2D eigenvalue weighted by Crippen LogP contribution is -2.38. The average Bonchev–Trinajstić information content (AvgIpc) is 2.94. The van der Waals surface area contributed by atoms with Crippen molar-refractivity contribution in [3.63, 3.8) is 0 Å². The number of hydrogen-bond donors (Lipinski definition) is 2. The number of ether oxygens (including phenoxy) is 1. The van der Waals surface area contributed by atoms with E-state index in [1.807, 2.05) is 0 Å². The Kier molecular flexibility index (Phi) is 3.50. The maximum Gasteiger partial charge on any atom is 0.275 e. The molecule has 1 aliphatic carbocycles. The molecule has 0 radical (unpaired) electrons. The zero-order valence-corrected chi connectivity index (χ0v) is 12.5. The quantitative estimate of drug-likeness (QED) is 0.797. The second-order valence-corrected chi connectivity index (χ2v) is 7.07. The normalized spacial score (nSPS) is 22.5. The van der Waals surface area contributed by atoms with Gasteiger partial charge in [0.25, 0.3) is 5.91 Å². The van der Waals surface area contributed by atoms with E-state index < -0.39 is 15.9 Å². The molecule has 1 saturated carbocycles. The fraction of sp³-hybridized carbons (Fsp3) is 0.667. The molecule has 3 rings (SSSR count). The van der Waals surface area contributed by atoms with Crippen LogP contribution >= 0.6 is 0 Å². The van der Waals surface area contributed by atoms with Crippen molar-refractivity contribution in [2.45, 2.75) is 36.1 Å². The molecule has 1 unspecified atom stereocenters. The standard InChI is InChI=1S/C12H18N4O4S/c1-16(8-4-5-20-6-8)12(17)10-11(21(13,18)19)9(14-15-10)7-2-3-7/h7-8H,2-6H2,1H3,(H,14,15)(H2,13,18,19). The number of sulfonamides is 1. The van der Waals surface area contributed by atoms with E-state index in [0.29, 0.717) is 18.9 Å². The zero-order chi connectivity index (χ0) is 15.2. The molecule has 2 aliphatic rings. The summed E-state index contributed by atoms with van der Waals surface area (Å²) >= 11 is 0. The van der Waals surface area contributed by atoms with Crippen molar-refractivity contribution >= 4 is 15.9 Å². The lowest BCUT2D eigenvalue weighted by Gasteiger charge is -2.22. The second-order valence-electron chi connectivity index (χ2n) is 5.57. The van der Waals surface area contributed by atoms with Crippen molar-refractivity contribution in [1.29, 1.82) is 0 Å². The molecule has 0 spiro atoms. The molecule has 1 atom stereocenters. The Labute approximate surface area is 122 Å². The molecule has 9 heteroatoms. The van der Waals surface area contributed by atoms with E-state index in [-0.39, 0.29) is 22.5 Å². The van der Waals surface area contributed by atoms with Gasteiger partial charge in [-0.2, -0.15) is 5.10 Å². The predicted octanol–water partition coefficient (Wildman–Crippen LogP) is -0.205. The third-order valence-electron chi connectivity index (χ3n) is 3.99. The highest BCUT2D eigenvalue weighted by molar-refractivity contribution is 7.89. The maximum absolute atomic E-state index is 12.5. The fourth-order valence-corrected chi connectivity index (χ4v) is 3.51. The Hall–Kier alpha value is -1.45. The van der Waals surface area contributed by atoms with Gasteiger partial charge in [0.15, 0.2) is 5.69 Å². The molecule has 1 aromatic heterocycles. The summed E-state index contributed by atoms with van der Waals surface area (Å²) in [5.41, 5.74) is 0.339. The van der Waals surface area contributed by atoms with E-state index in [1.165, 1.54) is 4.90 Å². The molecule has 21 heavy (non-hydrogen) atoms. The molecular formula is C12H18N4O4S. The number of nitrogens with one attached hydrogen (secondary N) is 1. The zero-order valence-electron chi connectivity index (χ0n) is 11.7. The van der Waals surface area contributed by atoms with Crippen molar-refractivity contribution in [1.82, 2.24) is 15.1 Å². The topological polar surface area (TPSA) is 118 Å². The number of nitrogens with two attached hydrogens (primary N) is 1. The van der Waals surface area contributed by atoms with Gasteiger partial charge in [0, 0.05) is 19.6 Å². The molecule has 1 amide bonds. The second kappa shape index (κ2) is 5.08. The predicted molar refractivity (Wildman–Crippen MR) is 73.3 cm³/mol. The smallest absolute Gasteiger partial charge is 0.275 e. The summed E-state index contributed by atoms with van der Waals surface area (Å²) in [4.78, 5) is 13.9. The SMILES string of the molecule is CN(C(=O)c1n[nH]c(C2CC2)c1S(N)(=O)=O)C1CCOC1. The number of H-pyrrole nitrogens is 1. The van der Waals surface area contributed by atoms with Gasteiger partial charge >= 0.3 is 0 Å². The van der Waals surface area contributed by atoms with Crippen LogP contribution in [0.3, 0.4) is 0 Å². The molecule has 116 valence electrons. The molecule has 0 bridgehead atoms. The number of aromatic amines is 1. The van der Waals surface area contributed by atoms with Gasteiger partial charge in [0.2, 0.25) is 10.0 Å². The summed E-state index contributed by atoms with van der Waals surface area (Å²) in [6, 6.07) is -0.0631.